The van der Waals surface area contributed by atoms with Crippen molar-refractivity contribution < 1.29 is 4.74 Å². The Labute approximate surface area is 88.7 Å². The minimum atomic E-state index is 0.665. The number of nitrogens with zero attached hydrogens (tertiary/aromatic N) is 2. The van der Waals surface area contributed by atoms with Gasteiger partial charge in [0.1, 0.15) is 5.65 Å². The number of hydrogen-bond acceptors (Lipinski definition) is 2. The number of pyridine rings is 1. The van der Waals surface area contributed by atoms with Crippen LogP contribution in [0.25, 0.3) is 5.65 Å². The molecular formula is C12H14N2O. The summed E-state index contributed by atoms with van der Waals surface area (Å²) >= 11 is 0. The van der Waals surface area contributed by atoms with Crippen molar-refractivity contribution in [3.63, 3.8) is 0 Å². The van der Waals surface area contributed by atoms with Crippen LogP contribution in [0.1, 0.15) is 23.9 Å². The van der Waals surface area contributed by atoms with Crippen molar-refractivity contribution in [2.24, 2.45) is 0 Å². The molecule has 0 aliphatic carbocycles. The summed E-state index contributed by atoms with van der Waals surface area (Å²) in [6.07, 6.45) is 4.16. The molecule has 0 bridgehead atoms. The first-order valence-electron chi connectivity index (χ1n) is 5.45. The smallest absolute Gasteiger partial charge is 0.137 e. The van der Waals surface area contributed by atoms with E-state index in [9.17, 15) is 0 Å². The van der Waals surface area contributed by atoms with Gasteiger partial charge in [-0.1, -0.05) is 6.92 Å². The number of aryl methyl sites for hydroxylation is 1. The number of aromatic nitrogens is 2. The molecule has 15 heavy (non-hydrogen) atoms. The molecule has 0 fully saturated rings. The van der Waals surface area contributed by atoms with Crippen LogP contribution in [0, 0.1) is 0 Å². The third-order valence-electron chi connectivity index (χ3n) is 3.00. The monoisotopic (exact) mass is 202 g/mol. The minimum Gasteiger partial charge on any atom is -0.375 e. The van der Waals surface area contributed by atoms with Gasteiger partial charge < -0.3 is 9.14 Å². The van der Waals surface area contributed by atoms with Crippen molar-refractivity contribution in [2.45, 2.75) is 26.4 Å². The molecular weight excluding hydrogens is 188 g/mol. The molecule has 1 aliphatic heterocycles. The second-order valence-corrected chi connectivity index (χ2v) is 3.92. The summed E-state index contributed by atoms with van der Waals surface area (Å²) in [6.45, 7) is 3.65. The molecule has 2 aromatic heterocycles. The van der Waals surface area contributed by atoms with E-state index in [0.29, 0.717) is 6.61 Å². The Morgan fingerprint density at radius 2 is 2.47 bits per heavy atom. The first-order valence-corrected chi connectivity index (χ1v) is 5.45. The highest BCUT2D eigenvalue weighted by molar-refractivity contribution is 5.46. The summed E-state index contributed by atoms with van der Waals surface area (Å²) in [6, 6.07) is 4.34. The van der Waals surface area contributed by atoms with Crippen molar-refractivity contribution >= 4 is 5.65 Å². The summed E-state index contributed by atoms with van der Waals surface area (Å²) in [5.41, 5.74) is 4.82. The molecule has 3 rings (SSSR count). The molecule has 0 spiro atoms. The van der Waals surface area contributed by atoms with Gasteiger partial charge >= 0.3 is 0 Å². The normalized spacial score (nSPS) is 15.5. The van der Waals surface area contributed by atoms with E-state index >= 15 is 0 Å². The van der Waals surface area contributed by atoms with E-state index < -0.39 is 0 Å². The molecule has 78 valence electrons. The molecule has 1 aliphatic rings. The van der Waals surface area contributed by atoms with Gasteiger partial charge in [0.2, 0.25) is 0 Å². The maximum absolute atomic E-state index is 5.41. The molecule has 0 N–H and O–H groups in total. The van der Waals surface area contributed by atoms with Gasteiger partial charge in [0.15, 0.2) is 0 Å². The fourth-order valence-electron chi connectivity index (χ4n) is 2.12. The molecule has 0 amide bonds. The molecule has 3 heteroatoms. The van der Waals surface area contributed by atoms with Gasteiger partial charge in [0.25, 0.3) is 0 Å². The highest BCUT2D eigenvalue weighted by Gasteiger charge is 2.15. The Bertz CT molecular complexity index is 502. The van der Waals surface area contributed by atoms with Crippen LogP contribution in [0.15, 0.2) is 18.3 Å². The lowest BCUT2D eigenvalue weighted by Crippen LogP contribution is -2.10. The van der Waals surface area contributed by atoms with Crippen LogP contribution in [0.2, 0.25) is 0 Å². The van der Waals surface area contributed by atoms with Crippen LogP contribution in [0.4, 0.5) is 0 Å². The van der Waals surface area contributed by atoms with E-state index in [-0.39, 0.29) is 0 Å². The van der Waals surface area contributed by atoms with E-state index in [1.54, 1.807) is 0 Å². The number of ether oxygens (including phenoxy) is 1. The number of rotatable bonds is 1. The molecule has 0 saturated heterocycles. The van der Waals surface area contributed by atoms with Crippen molar-refractivity contribution in [2.75, 3.05) is 6.61 Å². The van der Waals surface area contributed by atoms with Gasteiger partial charge in [-0.3, -0.25) is 0 Å². The first kappa shape index (κ1) is 8.92. The molecule has 0 radical (unpaired) electrons. The van der Waals surface area contributed by atoms with Crippen LogP contribution in [0.3, 0.4) is 0 Å². The number of fused-ring (bicyclic) bond motifs is 3. The minimum absolute atomic E-state index is 0.665. The zero-order chi connectivity index (χ0) is 10.3. The average Bonchev–Trinajstić information content (AvgIpc) is 2.66. The van der Waals surface area contributed by atoms with E-state index in [2.05, 4.69) is 34.6 Å². The Hall–Kier alpha value is -1.35. The molecule has 0 aromatic carbocycles. The van der Waals surface area contributed by atoms with Gasteiger partial charge in [-0.2, -0.15) is 0 Å². The average molecular weight is 202 g/mol. The van der Waals surface area contributed by atoms with Crippen molar-refractivity contribution in [1.82, 2.24) is 9.38 Å². The summed E-state index contributed by atoms with van der Waals surface area (Å²) < 4.78 is 7.60. The zero-order valence-corrected chi connectivity index (χ0v) is 8.86. The molecule has 2 aromatic rings. The van der Waals surface area contributed by atoms with Crippen LogP contribution >= 0.6 is 0 Å². The van der Waals surface area contributed by atoms with Gasteiger partial charge in [0, 0.05) is 12.6 Å². The predicted octanol–water partition coefficient (Wildman–Crippen LogP) is 1.97. The lowest BCUT2D eigenvalue weighted by atomic mass is 10.2. The quantitative estimate of drug-likeness (QED) is 0.706. The molecule has 3 heterocycles. The van der Waals surface area contributed by atoms with Gasteiger partial charge in [0.05, 0.1) is 24.6 Å². The highest BCUT2D eigenvalue weighted by Crippen LogP contribution is 2.19. The van der Waals surface area contributed by atoms with Crippen LogP contribution in [0.5, 0.6) is 0 Å². The SMILES string of the molecule is CCc1ccn2c3c(nc2c1)COCC3. The number of imidazole rings is 1. The van der Waals surface area contributed by atoms with Crippen LogP contribution < -0.4 is 0 Å². The standard InChI is InChI=1S/C12H14N2O/c1-2-9-3-5-14-11-4-6-15-8-10(11)13-12(14)7-9/h3,5,7H,2,4,6,8H2,1H3. The Morgan fingerprint density at radius 3 is 3.33 bits per heavy atom. The first-order chi connectivity index (χ1) is 7.38. The van der Waals surface area contributed by atoms with E-state index in [0.717, 1.165) is 30.8 Å². The Balaban J connectivity index is 2.22. The molecule has 3 nitrogen and oxygen atoms in total. The van der Waals surface area contributed by atoms with Crippen LogP contribution in [-0.4, -0.2) is 16.0 Å². The zero-order valence-electron chi connectivity index (χ0n) is 8.86. The maximum atomic E-state index is 5.41. The van der Waals surface area contributed by atoms with Gasteiger partial charge in [-0.25, -0.2) is 4.98 Å². The van der Waals surface area contributed by atoms with Crippen molar-refractivity contribution in [3.05, 3.63) is 35.3 Å². The van der Waals surface area contributed by atoms with E-state index in [1.165, 1.54) is 11.3 Å². The lowest BCUT2D eigenvalue weighted by molar-refractivity contribution is 0.107. The summed E-state index contributed by atoms with van der Waals surface area (Å²) in [5.74, 6) is 0. The van der Waals surface area contributed by atoms with Gasteiger partial charge in [-0.05, 0) is 24.1 Å². The second kappa shape index (κ2) is 3.35. The fraction of sp³-hybridized carbons (Fsp3) is 0.417. The Morgan fingerprint density at radius 1 is 1.53 bits per heavy atom. The van der Waals surface area contributed by atoms with Crippen molar-refractivity contribution in [3.8, 4) is 0 Å². The third kappa shape index (κ3) is 1.35. The Kier molecular flexibility index (Phi) is 1.99. The lowest BCUT2D eigenvalue weighted by Gasteiger charge is -2.11. The van der Waals surface area contributed by atoms with Gasteiger partial charge in [-0.15, -0.1) is 0 Å². The summed E-state index contributed by atoms with van der Waals surface area (Å²) in [4.78, 5) is 4.60. The van der Waals surface area contributed by atoms with Crippen molar-refractivity contribution in [1.29, 1.82) is 0 Å². The fourth-order valence-corrected chi connectivity index (χ4v) is 2.12. The highest BCUT2D eigenvalue weighted by atomic mass is 16.5. The summed E-state index contributed by atoms with van der Waals surface area (Å²) in [7, 11) is 0. The largest absolute Gasteiger partial charge is 0.375 e. The van der Waals surface area contributed by atoms with E-state index in [1.807, 2.05) is 0 Å². The second-order valence-electron chi connectivity index (χ2n) is 3.92. The maximum Gasteiger partial charge on any atom is 0.137 e. The third-order valence-corrected chi connectivity index (χ3v) is 3.00. The molecule has 0 saturated carbocycles. The predicted molar refractivity (Wildman–Crippen MR) is 57.9 cm³/mol. The van der Waals surface area contributed by atoms with Crippen LogP contribution in [-0.2, 0) is 24.2 Å². The molecule has 0 unspecified atom stereocenters. The summed E-state index contributed by atoms with van der Waals surface area (Å²) in [5, 5.41) is 0. The topological polar surface area (TPSA) is 26.5 Å². The number of hydrogen-bond donors (Lipinski definition) is 0. The molecule has 0 atom stereocenters. The van der Waals surface area contributed by atoms with E-state index in [4.69, 9.17) is 4.74 Å².